The van der Waals surface area contributed by atoms with E-state index in [2.05, 4.69) is 18.1 Å². The van der Waals surface area contributed by atoms with Crippen LogP contribution < -0.4 is 4.74 Å². The molecule has 1 aromatic heterocycles. The number of carbonyl (C=O) groups excluding carboxylic acids is 1. The van der Waals surface area contributed by atoms with Crippen molar-refractivity contribution in [2.75, 3.05) is 0 Å². The van der Waals surface area contributed by atoms with Crippen LogP contribution in [-0.2, 0) is 6.42 Å². The second-order valence-electron chi connectivity index (χ2n) is 6.33. The number of aromatic nitrogens is 2. The fourth-order valence-corrected chi connectivity index (χ4v) is 2.85. The van der Waals surface area contributed by atoms with Crippen LogP contribution in [0.1, 0.15) is 40.5 Å². The number of hydrogen-bond donors (Lipinski definition) is 0. The number of rotatable bonds is 5. The third-order valence-electron chi connectivity index (χ3n) is 4.07. The van der Waals surface area contributed by atoms with Crippen molar-refractivity contribution < 1.29 is 13.9 Å². The Morgan fingerprint density at radius 3 is 2.65 bits per heavy atom. The molecule has 2 aromatic carbocycles. The number of nitrogens with zero attached hydrogens (tertiary/aromatic N) is 2. The van der Waals surface area contributed by atoms with Crippen molar-refractivity contribution in [3.05, 3.63) is 76.7 Å². The molecule has 134 valence electrons. The summed E-state index contributed by atoms with van der Waals surface area (Å²) >= 11 is 0. The summed E-state index contributed by atoms with van der Waals surface area (Å²) in [5.74, 6) is -0.762. The lowest BCUT2D eigenvalue weighted by molar-refractivity contribution is 0.0722. The van der Waals surface area contributed by atoms with Gasteiger partial charge in [-0.15, -0.1) is 0 Å². The van der Waals surface area contributed by atoms with Crippen LogP contribution in [0.5, 0.6) is 5.88 Å². The molecule has 0 aliphatic carbocycles. The number of hydrogen-bond acceptors (Lipinski definition) is 3. The van der Waals surface area contributed by atoms with Gasteiger partial charge in [0.25, 0.3) is 0 Å². The van der Waals surface area contributed by atoms with E-state index in [-0.39, 0.29) is 5.56 Å². The lowest BCUT2D eigenvalue weighted by Gasteiger charge is -2.11. The summed E-state index contributed by atoms with van der Waals surface area (Å²) in [5.41, 5.74) is 4.02. The predicted octanol–water partition coefficient (Wildman–Crippen LogP) is 4.80. The molecular weight excluding hydrogens is 331 g/mol. The van der Waals surface area contributed by atoms with Crippen LogP contribution in [0.15, 0.2) is 48.5 Å². The Bertz CT molecular complexity index is 947. The first-order valence-corrected chi connectivity index (χ1v) is 8.62. The number of carbonyl (C=O) groups is 1. The monoisotopic (exact) mass is 352 g/mol. The molecule has 0 N–H and O–H groups in total. The Kier molecular flexibility index (Phi) is 5.16. The molecule has 0 aliphatic rings. The van der Waals surface area contributed by atoms with Gasteiger partial charge in [-0.3, -0.25) is 0 Å². The van der Waals surface area contributed by atoms with Crippen LogP contribution in [-0.4, -0.2) is 15.7 Å². The summed E-state index contributed by atoms with van der Waals surface area (Å²) in [6.07, 6.45) is 1.71. The molecule has 0 unspecified atom stereocenters. The van der Waals surface area contributed by atoms with Gasteiger partial charge in [-0.25, -0.2) is 13.9 Å². The molecule has 0 saturated heterocycles. The van der Waals surface area contributed by atoms with Crippen molar-refractivity contribution in [3.8, 4) is 11.6 Å². The van der Waals surface area contributed by atoms with E-state index in [0.29, 0.717) is 5.88 Å². The van der Waals surface area contributed by atoms with Crippen molar-refractivity contribution >= 4 is 5.97 Å². The molecule has 0 fully saturated rings. The Morgan fingerprint density at radius 1 is 1.15 bits per heavy atom. The average molecular weight is 352 g/mol. The molecule has 5 heteroatoms. The molecule has 0 atom stereocenters. The summed E-state index contributed by atoms with van der Waals surface area (Å²) in [7, 11) is 0. The van der Waals surface area contributed by atoms with Crippen LogP contribution in [0.3, 0.4) is 0 Å². The Hall–Kier alpha value is -2.95. The van der Waals surface area contributed by atoms with Crippen LogP contribution in [0.2, 0.25) is 0 Å². The first-order chi connectivity index (χ1) is 12.5. The van der Waals surface area contributed by atoms with Crippen LogP contribution in [0.4, 0.5) is 4.39 Å². The summed E-state index contributed by atoms with van der Waals surface area (Å²) < 4.78 is 20.6. The molecular formula is C21H21FN2O2. The lowest BCUT2D eigenvalue weighted by Crippen LogP contribution is -2.12. The normalized spacial score (nSPS) is 10.8. The smallest absolute Gasteiger partial charge is 0.344 e. The van der Waals surface area contributed by atoms with E-state index in [9.17, 15) is 9.18 Å². The molecule has 26 heavy (non-hydrogen) atoms. The number of esters is 1. The van der Waals surface area contributed by atoms with E-state index < -0.39 is 11.8 Å². The summed E-state index contributed by atoms with van der Waals surface area (Å²) in [4.78, 5) is 12.4. The first kappa shape index (κ1) is 17.9. The molecule has 0 bridgehead atoms. The van der Waals surface area contributed by atoms with Gasteiger partial charge in [-0.2, -0.15) is 5.10 Å². The van der Waals surface area contributed by atoms with Crippen molar-refractivity contribution in [3.63, 3.8) is 0 Å². The number of ether oxygens (including phenoxy) is 1. The van der Waals surface area contributed by atoms with E-state index in [4.69, 9.17) is 4.74 Å². The highest BCUT2D eigenvalue weighted by molar-refractivity contribution is 5.90. The Labute approximate surface area is 152 Å². The van der Waals surface area contributed by atoms with Crippen molar-refractivity contribution in [2.24, 2.45) is 0 Å². The zero-order valence-electron chi connectivity index (χ0n) is 15.1. The third-order valence-corrected chi connectivity index (χ3v) is 4.07. The first-order valence-electron chi connectivity index (χ1n) is 8.62. The summed E-state index contributed by atoms with van der Waals surface area (Å²) in [5, 5.41) is 4.59. The maximum atomic E-state index is 13.4. The second kappa shape index (κ2) is 7.52. The standard InChI is InChI=1S/C21H21FN2O2/c1-4-6-18-13-20(26-21(25)16-7-5-8-17(22)12-16)24(23-18)19-10-9-14(2)11-15(19)3/h5,7-13H,4,6H2,1-3H3. The SMILES string of the molecule is CCCc1cc(OC(=O)c2cccc(F)c2)n(-c2ccc(C)cc2C)n1. The minimum Gasteiger partial charge on any atom is -0.404 e. The van der Waals surface area contributed by atoms with E-state index in [1.165, 1.54) is 18.2 Å². The highest BCUT2D eigenvalue weighted by Gasteiger charge is 2.17. The van der Waals surface area contributed by atoms with Gasteiger partial charge >= 0.3 is 5.97 Å². The van der Waals surface area contributed by atoms with Gasteiger partial charge < -0.3 is 4.74 Å². The predicted molar refractivity (Wildman–Crippen MR) is 98.4 cm³/mol. The maximum Gasteiger partial charge on any atom is 0.344 e. The molecule has 3 rings (SSSR count). The molecule has 0 saturated carbocycles. The zero-order chi connectivity index (χ0) is 18.7. The Morgan fingerprint density at radius 2 is 1.96 bits per heavy atom. The fraction of sp³-hybridized carbons (Fsp3) is 0.238. The van der Waals surface area contributed by atoms with E-state index >= 15 is 0 Å². The molecule has 1 heterocycles. The Balaban J connectivity index is 1.99. The maximum absolute atomic E-state index is 13.4. The van der Waals surface area contributed by atoms with Crippen LogP contribution in [0, 0.1) is 19.7 Å². The third kappa shape index (κ3) is 3.82. The van der Waals surface area contributed by atoms with E-state index in [0.717, 1.165) is 41.4 Å². The van der Waals surface area contributed by atoms with Crippen molar-refractivity contribution in [1.29, 1.82) is 0 Å². The van der Waals surface area contributed by atoms with Gasteiger partial charge in [0.15, 0.2) is 0 Å². The highest BCUT2D eigenvalue weighted by atomic mass is 19.1. The molecule has 3 aromatic rings. The minimum atomic E-state index is -0.613. The van der Waals surface area contributed by atoms with Gasteiger partial charge in [0.05, 0.1) is 16.9 Å². The van der Waals surface area contributed by atoms with Crippen LogP contribution in [0.25, 0.3) is 5.69 Å². The quantitative estimate of drug-likeness (QED) is 0.620. The average Bonchev–Trinajstić information content (AvgIpc) is 2.97. The molecule has 4 nitrogen and oxygen atoms in total. The van der Waals surface area contributed by atoms with Gasteiger partial charge in [-0.05, 0) is 50.1 Å². The summed E-state index contributed by atoms with van der Waals surface area (Å²) in [6.45, 7) is 6.07. The molecule has 0 aliphatic heterocycles. The van der Waals surface area contributed by atoms with Crippen molar-refractivity contribution in [2.45, 2.75) is 33.6 Å². The molecule has 0 amide bonds. The lowest BCUT2D eigenvalue weighted by atomic mass is 10.1. The largest absolute Gasteiger partial charge is 0.404 e. The van der Waals surface area contributed by atoms with Crippen molar-refractivity contribution in [1.82, 2.24) is 9.78 Å². The van der Waals surface area contributed by atoms with Gasteiger partial charge in [0, 0.05) is 6.07 Å². The van der Waals surface area contributed by atoms with Gasteiger partial charge in [0.2, 0.25) is 5.88 Å². The summed E-state index contributed by atoms with van der Waals surface area (Å²) in [6, 6.07) is 13.2. The van der Waals surface area contributed by atoms with Gasteiger partial charge in [-0.1, -0.05) is 37.1 Å². The fourth-order valence-electron chi connectivity index (χ4n) is 2.85. The number of halogens is 1. The van der Waals surface area contributed by atoms with E-state index in [1.807, 2.05) is 26.0 Å². The number of aryl methyl sites for hydroxylation is 3. The van der Waals surface area contributed by atoms with Gasteiger partial charge in [0.1, 0.15) is 5.82 Å². The molecule has 0 radical (unpaired) electrons. The highest BCUT2D eigenvalue weighted by Crippen LogP contribution is 2.24. The second-order valence-corrected chi connectivity index (χ2v) is 6.33. The van der Waals surface area contributed by atoms with Crippen LogP contribution >= 0.6 is 0 Å². The number of benzene rings is 2. The van der Waals surface area contributed by atoms with E-state index in [1.54, 1.807) is 10.7 Å². The zero-order valence-corrected chi connectivity index (χ0v) is 15.1. The molecule has 0 spiro atoms. The topological polar surface area (TPSA) is 44.1 Å². The minimum absolute atomic E-state index is 0.162.